The van der Waals surface area contributed by atoms with Crippen LogP contribution in [0.3, 0.4) is 0 Å². The van der Waals surface area contributed by atoms with Gasteiger partial charge in [0.15, 0.2) is 5.17 Å². The summed E-state index contributed by atoms with van der Waals surface area (Å²) in [6.07, 6.45) is 2.87. The number of nitriles is 1. The van der Waals surface area contributed by atoms with Gasteiger partial charge in [-0.2, -0.15) is 10.3 Å². The Bertz CT molecular complexity index is 829. The Hall–Kier alpha value is -1.85. The minimum atomic E-state index is -0.569. The summed E-state index contributed by atoms with van der Waals surface area (Å²) in [5.74, 6) is -0.0961. The Morgan fingerprint density at radius 3 is 2.77 bits per heavy atom. The van der Waals surface area contributed by atoms with Crippen LogP contribution in [0.4, 0.5) is 5.00 Å². The molecule has 2 heterocycles. The van der Waals surface area contributed by atoms with Crippen LogP contribution in [0.2, 0.25) is 0 Å². The minimum absolute atomic E-state index is 0.00571. The highest BCUT2D eigenvalue weighted by molar-refractivity contribution is 8.15. The molecule has 138 valence electrons. The Labute approximate surface area is 161 Å². The first-order valence-corrected chi connectivity index (χ1v) is 10.3. The monoisotopic (exact) mass is 390 g/mol. The lowest BCUT2D eigenvalue weighted by Gasteiger charge is -2.33. The number of amidine groups is 1. The summed E-state index contributed by atoms with van der Waals surface area (Å²) in [6, 6.07) is 2.25. The average molecular weight is 391 g/mol. The second kappa shape index (κ2) is 7.05. The molecule has 0 fully saturated rings. The van der Waals surface area contributed by atoms with E-state index in [1.807, 2.05) is 0 Å². The van der Waals surface area contributed by atoms with Crippen molar-refractivity contribution in [1.29, 1.82) is 5.26 Å². The fraction of sp³-hybridized carbons (Fsp3) is 0.556. The number of carbonyl (C=O) groups is 2. The Morgan fingerprint density at radius 1 is 1.46 bits per heavy atom. The van der Waals surface area contributed by atoms with E-state index < -0.39 is 5.25 Å². The van der Waals surface area contributed by atoms with Gasteiger partial charge in [-0.1, -0.05) is 32.5 Å². The summed E-state index contributed by atoms with van der Waals surface area (Å²) in [7, 11) is 0. The molecule has 3 rings (SSSR count). The van der Waals surface area contributed by atoms with E-state index >= 15 is 0 Å². The highest BCUT2D eigenvalue weighted by Crippen LogP contribution is 2.44. The van der Waals surface area contributed by atoms with E-state index in [1.165, 1.54) is 16.2 Å². The molecular formula is C18H22N4O2S2. The number of thioether (sulfide) groups is 1. The summed E-state index contributed by atoms with van der Waals surface area (Å²) < 4.78 is 0. The largest absolute Gasteiger partial charge is 0.378 e. The van der Waals surface area contributed by atoms with Gasteiger partial charge in [0.1, 0.15) is 16.3 Å². The van der Waals surface area contributed by atoms with Crippen LogP contribution in [0.5, 0.6) is 0 Å². The molecule has 0 spiro atoms. The Balaban J connectivity index is 1.73. The van der Waals surface area contributed by atoms with Crippen LogP contribution in [0.15, 0.2) is 4.99 Å². The molecule has 26 heavy (non-hydrogen) atoms. The second-order valence-electron chi connectivity index (χ2n) is 7.77. The van der Waals surface area contributed by atoms with Crippen molar-refractivity contribution in [3.05, 3.63) is 16.0 Å². The predicted octanol–water partition coefficient (Wildman–Crippen LogP) is 3.06. The first-order chi connectivity index (χ1) is 12.2. The van der Waals surface area contributed by atoms with Crippen LogP contribution in [-0.4, -0.2) is 22.2 Å². The highest BCUT2D eigenvalue weighted by atomic mass is 32.2. The molecule has 0 radical (unpaired) electrons. The van der Waals surface area contributed by atoms with E-state index in [2.05, 4.69) is 37.1 Å². The van der Waals surface area contributed by atoms with Crippen LogP contribution < -0.4 is 11.1 Å². The third kappa shape index (κ3) is 3.79. The number of nitrogens with two attached hydrogens (primary N) is 1. The van der Waals surface area contributed by atoms with Gasteiger partial charge in [-0.05, 0) is 36.2 Å². The third-order valence-electron chi connectivity index (χ3n) is 4.98. The Kier molecular flexibility index (Phi) is 5.13. The molecule has 1 aliphatic heterocycles. The molecule has 6 nitrogen and oxygen atoms in total. The number of hydrogen-bond acceptors (Lipinski definition) is 6. The molecule has 1 aromatic rings. The SMILES string of the molecule is CC(C)(C)[C@@H]1CCc2c(sc(NC(=O)C[C@@H]3SC(N)=NC3=O)c2C#N)C1. The number of anilines is 1. The number of thiophene rings is 1. The molecule has 2 atom stereocenters. The smallest absolute Gasteiger partial charge is 0.262 e. The van der Waals surface area contributed by atoms with Crippen LogP contribution in [-0.2, 0) is 22.4 Å². The van der Waals surface area contributed by atoms with Crippen LogP contribution in [0.1, 0.15) is 49.6 Å². The van der Waals surface area contributed by atoms with Crippen molar-refractivity contribution in [3.63, 3.8) is 0 Å². The van der Waals surface area contributed by atoms with Gasteiger partial charge in [0.25, 0.3) is 5.91 Å². The summed E-state index contributed by atoms with van der Waals surface area (Å²) in [4.78, 5) is 28.9. The van der Waals surface area contributed by atoms with Crippen LogP contribution >= 0.6 is 23.1 Å². The lowest BCUT2D eigenvalue weighted by Crippen LogP contribution is -2.26. The second-order valence-corrected chi connectivity index (χ2v) is 10.1. The fourth-order valence-corrected chi connectivity index (χ4v) is 5.53. The maximum Gasteiger partial charge on any atom is 0.262 e. The van der Waals surface area contributed by atoms with Gasteiger partial charge in [-0.15, -0.1) is 11.3 Å². The maximum absolute atomic E-state index is 12.4. The van der Waals surface area contributed by atoms with E-state index in [4.69, 9.17) is 5.73 Å². The number of aliphatic imine (C=N–C) groups is 1. The maximum atomic E-state index is 12.4. The third-order valence-corrected chi connectivity index (χ3v) is 7.14. The summed E-state index contributed by atoms with van der Waals surface area (Å²) in [5.41, 5.74) is 7.40. The average Bonchev–Trinajstić information content (AvgIpc) is 3.04. The molecule has 0 saturated carbocycles. The van der Waals surface area contributed by atoms with Crippen LogP contribution in [0.25, 0.3) is 0 Å². The van der Waals surface area contributed by atoms with E-state index in [0.29, 0.717) is 16.5 Å². The normalized spacial score (nSPS) is 22.5. The molecule has 0 aromatic carbocycles. The van der Waals surface area contributed by atoms with Crippen LogP contribution in [0, 0.1) is 22.7 Å². The van der Waals surface area contributed by atoms with Gasteiger partial charge >= 0.3 is 0 Å². The molecule has 0 unspecified atom stereocenters. The summed E-state index contributed by atoms with van der Waals surface area (Å²) in [5, 5.41) is 12.6. The van der Waals surface area contributed by atoms with E-state index in [-0.39, 0.29) is 28.8 Å². The molecule has 0 saturated heterocycles. The van der Waals surface area contributed by atoms with Gasteiger partial charge in [0, 0.05) is 11.3 Å². The lowest BCUT2D eigenvalue weighted by atomic mass is 9.72. The molecule has 8 heteroatoms. The van der Waals surface area contributed by atoms with Crippen molar-refractivity contribution in [1.82, 2.24) is 0 Å². The zero-order valence-electron chi connectivity index (χ0n) is 15.1. The molecule has 1 aliphatic carbocycles. The van der Waals surface area contributed by atoms with Gasteiger partial charge < -0.3 is 11.1 Å². The van der Waals surface area contributed by atoms with Crippen molar-refractivity contribution in [2.45, 2.75) is 51.7 Å². The van der Waals surface area contributed by atoms with Crippen molar-refractivity contribution >= 4 is 45.1 Å². The van der Waals surface area contributed by atoms with Crippen molar-refractivity contribution < 1.29 is 9.59 Å². The molecule has 0 bridgehead atoms. The predicted molar refractivity (Wildman–Crippen MR) is 105 cm³/mol. The summed E-state index contributed by atoms with van der Waals surface area (Å²) in [6.45, 7) is 6.73. The van der Waals surface area contributed by atoms with Gasteiger partial charge in [-0.3, -0.25) is 9.59 Å². The first-order valence-electron chi connectivity index (χ1n) is 8.58. The number of carbonyl (C=O) groups excluding carboxylic acids is 2. The molecule has 2 amide bonds. The number of rotatable bonds is 3. The molecule has 3 N–H and O–H groups in total. The lowest BCUT2D eigenvalue weighted by molar-refractivity contribution is -0.121. The molecule has 2 aliphatic rings. The number of fused-ring (bicyclic) bond motifs is 1. The van der Waals surface area contributed by atoms with E-state index in [0.717, 1.165) is 36.6 Å². The number of hydrogen-bond donors (Lipinski definition) is 2. The first kappa shape index (κ1) is 18.9. The van der Waals surface area contributed by atoms with Crippen molar-refractivity contribution in [3.8, 4) is 6.07 Å². The van der Waals surface area contributed by atoms with Gasteiger partial charge in [0.2, 0.25) is 5.91 Å². The zero-order chi connectivity index (χ0) is 19.1. The zero-order valence-corrected chi connectivity index (χ0v) is 16.7. The highest BCUT2D eigenvalue weighted by Gasteiger charge is 2.33. The number of amides is 2. The standard InChI is InChI=1S/C18H22N4O2S2/c1-18(2,3)9-4-5-10-11(8-19)16(25-12(10)6-9)21-14(23)7-13-15(24)22-17(20)26-13/h9,13H,4-7H2,1-3H3,(H,21,23)(H2,20,22,24)/t9-,13+/m1/s1. The van der Waals surface area contributed by atoms with Crippen molar-refractivity contribution in [2.75, 3.05) is 5.32 Å². The fourth-order valence-electron chi connectivity index (χ4n) is 3.41. The summed E-state index contributed by atoms with van der Waals surface area (Å²) >= 11 is 2.60. The molecule has 1 aromatic heterocycles. The van der Waals surface area contributed by atoms with E-state index in [9.17, 15) is 14.9 Å². The van der Waals surface area contributed by atoms with E-state index in [1.54, 1.807) is 0 Å². The van der Waals surface area contributed by atoms with Gasteiger partial charge in [0.05, 0.1) is 5.56 Å². The quantitative estimate of drug-likeness (QED) is 0.824. The molecular weight excluding hydrogens is 368 g/mol. The topological polar surface area (TPSA) is 108 Å². The Morgan fingerprint density at radius 2 is 2.19 bits per heavy atom. The number of nitrogens with zero attached hydrogens (tertiary/aromatic N) is 2. The minimum Gasteiger partial charge on any atom is -0.378 e. The number of nitrogens with one attached hydrogen (secondary N) is 1. The van der Waals surface area contributed by atoms with Crippen molar-refractivity contribution in [2.24, 2.45) is 22.1 Å². The van der Waals surface area contributed by atoms with Gasteiger partial charge in [-0.25, -0.2) is 0 Å².